The highest BCUT2D eigenvalue weighted by molar-refractivity contribution is 7.89. The van der Waals surface area contributed by atoms with Crippen LogP contribution in [0.25, 0.3) is 10.4 Å². The number of para-hydroxylation sites is 1. The van der Waals surface area contributed by atoms with Gasteiger partial charge in [-0.1, -0.05) is 32.0 Å². The Hall–Kier alpha value is -3.79. The monoisotopic (exact) mass is 632 g/mol. The molecule has 230 valence electrons. The van der Waals surface area contributed by atoms with Gasteiger partial charge >= 0.3 is 12.1 Å². The normalized spacial score (nSPS) is 20.8. The molecule has 1 saturated heterocycles. The third kappa shape index (κ3) is 5.30. The number of esters is 1. The number of β-lactam (4-membered cyclic amide) rings is 1. The highest BCUT2D eigenvalue weighted by atomic mass is 32.2. The number of aromatic nitrogens is 2. The molecule has 4 heterocycles. The van der Waals surface area contributed by atoms with Crippen molar-refractivity contribution in [2.45, 2.75) is 44.4 Å². The fraction of sp³-hybridized carbons (Fsp3) is 0.429. The van der Waals surface area contributed by atoms with Crippen LogP contribution in [-0.2, 0) is 35.5 Å². The van der Waals surface area contributed by atoms with Crippen LogP contribution in [0.4, 0.5) is 4.79 Å². The molecule has 0 unspecified atom stereocenters. The molecule has 4 atom stereocenters. The molecule has 5 rings (SSSR count). The number of benzene rings is 1. The molecule has 15 heteroatoms. The van der Waals surface area contributed by atoms with E-state index in [1.54, 1.807) is 22.7 Å². The molecule has 0 bridgehead atoms. The summed E-state index contributed by atoms with van der Waals surface area (Å²) in [6.07, 6.45) is 1.80. The lowest BCUT2D eigenvalue weighted by Gasteiger charge is -2.46. The number of carbonyl (C=O) groups excluding carboxylic acids is 3. The van der Waals surface area contributed by atoms with Crippen molar-refractivity contribution < 1.29 is 42.1 Å². The Balaban J connectivity index is 1.37. The van der Waals surface area contributed by atoms with E-state index in [1.165, 1.54) is 32.2 Å². The largest absolute Gasteiger partial charge is 0.513 e. The van der Waals surface area contributed by atoms with E-state index >= 15 is 0 Å². The van der Waals surface area contributed by atoms with E-state index in [2.05, 4.69) is 4.98 Å². The number of sulfonamides is 1. The Morgan fingerprint density at radius 2 is 1.88 bits per heavy atom. The van der Waals surface area contributed by atoms with Crippen LogP contribution in [-0.4, -0.2) is 89.6 Å². The van der Waals surface area contributed by atoms with Crippen molar-refractivity contribution in [3.8, 4) is 5.75 Å². The summed E-state index contributed by atoms with van der Waals surface area (Å²) >= 11 is 1.12. The summed E-state index contributed by atoms with van der Waals surface area (Å²) in [4.78, 5) is 45.0. The Kier molecular flexibility index (Phi) is 8.35. The third-order valence-corrected chi connectivity index (χ3v) is 10.6. The maximum Gasteiger partial charge on any atom is 0.513 e. The summed E-state index contributed by atoms with van der Waals surface area (Å²) < 4.78 is 44.0. The number of hydrogen-bond acceptors (Lipinski definition) is 11. The van der Waals surface area contributed by atoms with Gasteiger partial charge in [0.05, 0.1) is 22.9 Å². The van der Waals surface area contributed by atoms with Crippen LogP contribution in [0.5, 0.6) is 5.75 Å². The van der Waals surface area contributed by atoms with E-state index in [-0.39, 0.29) is 29.9 Å². The van der Waals surface area contributed by atoms with Crippen molar-refractivity contribution in [3.05, 3.63) is 52.9 Å². The summed E-state index contributed by atoms with van der Waals surface area (Å²) in [7, 11) is -1.03. The van der Waals surface area contributed by atoms with Gasteiger partial charge in [0.1, 0.15) is 35.8 Å². The Bertz CT molecular complexity index is 1720. The van der Waals surface area contributed by atoms with Crippen LogP contribution in [0.1, 0.15) is 31.2 Å². The van der Waals surface area contributed by atoms with Crippen molar-refractivity contribution in [1.82, 2.24) is 18.6 Å². The predicted molar refractivity (Wildman–Crippen MR) is 155 cm³/mol. The van der Waals surface area contributed by atoms with Gasteiger partial charge < -0.3 is 24.2 Å². The lowest BCUT2D eigenvalue weighted by Crippen LogP contribution is -2.63. The first-order valence-electron chi connectivity index (χ1n) is 13.6. The molecule has 0 aliphatic carbocycles. The molecular formula is C28H32N4O9S2. The zero-order valence-electron chi connectivity index (χ0n) is 24.2. The van der Waals surface area contributed by atoms with E-state index in [4.69, 9.17) is 14.2 Å². The molecule has 2 aliphatic heterocycles. The van der Waals surface area contributed by atoms with Gasteiger partial charge in [0, 0.05) is 31.8 Å². The zero-order chi connectivity index (χ0) is 31.2. The summed E-state index contributed by atoms with van der Waals surface area (Å²) in [5, 5.41) is 10.2. The molecule has 0 saturated carbocycles. The predicted octanol–water partition coefficient (Wildman–Crippen LogP) is 2.54. The molecule has 2 aromatic heterocycles. The van der Waals surface area contributed by atoms with Gasteiger partial charge in [-0.25, -0.2) is 27.3 Å². The number of imidazole rings is 1. The summed E-state index contributed by atoms with van der Waals surface area (Å²) in [6.45, 7) is 4.70. The second-order valence-corrected chi connectivity index (χ2v) is 13.6. The first kappa shape index (κ1) is 30.7. The Morgan fingerprint density at radius 3 is 2.56 bits per heavy atom. The quantitative estimate of drug-likeness (QED) is 0.152. The Labute approximate surface area is 252 Å². The first-order chi connectivity index (χ1) is 20.4. The highest BCUT2D eigenvalue weighted by Gasteiger charge is 2.60. The van der Waals surface area contributed by atoms with Crippen LogP contribution in [0, 0.1) is 11.8 Å². The molecule has 0 radical (unpaired) electrons. The van der Waals surface area contributed by atoms with E-state index < -0.39 is 46.1 Å². The fourth-order valence-corrected chi connectivity index (χ4v) is 7.88. The topological polar surface area (TPSA) is 157 Å². The molecule has 1 fully saturated rings. The van der Waals surface area contributed by atoms with E-state index in [1.807, 2.05) is 26.0 Å². The summed E-state index contributed by atoms with van der Waals surface area (Å²) in [5.41, 5.74) is 1.33. The molecule has 13 nitrogen and oxygen atoms in total. The maximum absolute atomic E-state index is 13.4. The SMILES string of the molecule is CCc1ccccc1OC(=O)OCCOC(=O)C1=C(c2cn3cnc(S(=O)(=O)N(C)C)c3s2)[C@H](C)[C@@H]2[C@@H]([C@@H](C)O)C(=O)N12. The van der Waals surface area contributed by atoms with Gasteiger partial charge in [0.15, 0.2) is 0 Å². The molecule has 0 spiro atoms. The van der Waals surface area contributed by atoms with Crippen molar-refractivity contribution in [2.75, 3.05) is 27.3 Å². The zero-order valence-corrected chi connectivity index (χ0v) is 25.8. The number of nitrogens with zero attached hydrogens (tertiary/aromatic N) is 4. The molecule has 3 aromatic rings. The number of amides is 1. The average molecular weight is 633 g/mol. The van der Waals surface area contributed by atoms with Gasteiger partial charge in [-0.2, -0.15) is 0 Å². The van der Waals surface area contributed by atoms with Crippen molar-refractivity contribution >= 4 is 49.8 Å². The van der Waals surface area contributed by atoms with Crippen LogP contribution < -0.4 is 4.74 Å². The second kappa shape index (κ2) is 11.7. The fourth-order valence-electron chi connectivity index (χ4n) is 5.48. The first-order valence-corrected chi connectivity index (χ1v) is 15.9. The standard InChI is InChI=1S/C28H32N4O9S2/c1-6-17-9-7-8-10-18(17)41-28(36)40-12-11-39-27(35)23-20(15(2)22-21(16(3)33)25(34)32(22)23)19-13-31-14-29-24(26(31)42-19)43(37,38)30(4)5/h7-10,13-16,21-22,33H,6,11-12H2,1-5H3/t15-,16+,21+,22+/m0/s1. The molecule has 1 aromatic carbocycles. The van der Waals surface area contributed by atoms with Gasteiger partial charge in [-0.05, 0) is 25.0 Å². The lowest BCUT2D eigenvalue weighted by molar-refractivity contribution is -0.164. The number of hydrogen-bond donors (Lipinski definition) is 1. The van der Waals surface area contributed by atoms with Crippen LogP contribution >= 0.6 is 11.3 Å². The molecule has 2 aliphatic rings. The highest BCUT2D eigenvalue weighted by Crippen LogP contribution is 2.52. The minimum Gasteiger partial charge on any atom is -0.457 e. The molecule has 43 heavy (non-hydrogen) atoms. The van der Waals surface area contributed by atoms with E-state index in [0.717, 1.165) is 21.2 Å². The summed E-state index contributed by atoms with van der Waals surface area (Å²) in [6, 6.07) is 6.56. The van der Waals surface area contributed by atoms with Crippen LogP contribution in [0.3, 0.4) is 0 Å². The number of aliphatic hydroxyl groups excluding tert-OH is 1. The summed E-state index contributed by atoms with van der Waals surface area (Å²) in [5.74, 6) is -1.94. The van der Waals surface area contributed by atoms with Crippen LogP contribution in [0.2, 0.25) is 0 Å². The number of fused-ring (bicyclic) bond motifs is 2. The molecule has 1 N–H and O–H groups in total. The molecular weight excluding hydrogens is 600 g/mol. The van der Waals surface area contributed by atoms with Crippen molar-refractivity contribution in [3.63, 3.8) is 0 Å². The minimum atomic E-state index is -3.84. The second-order valence-electron chi connectivity index (χ2n) is 10.5. The third-order valence-electron chi connectivity index (χ3n) is 7.62. The van der Waals surface area contributed by atoms with E-state index in [0.29, 0.717) is 27.5 Å². The van der Waals surface area contributed by atoms with Gasteiger partial charge in [-0.15, -0.1) is 11.3 Å². The lowest BCUT2D eigenvalue weighted by atomic mass is 9.77. The average Bonchev–Trinajstić information content (AvgIpc) is 3.60. The van der Waals surface area contributed by atoms with Gasteiger partial charge in [-0.3, -0.25) is 9.20 Å². The number of aliphatic hydroxyl groups is 1. The van der Waals surface area contributed by atoms with Gasteiger partial charge in [0.2, 0.25) is 10.9 Å². The molecule has 1 amide bonds. The van der Waals surface area contributed by atoms with Crippen molar-refractivity contribution in [2.24, 2.45) is 11.8 Å². The number of ether oxygens (including phenoxy) is 3. The van der Waals surface area contributed by atoms with Crippen molar-refractivity contribution in [1.29, 1.82) is 0 Å². The van der Waals surface area contributed by atoms with Crippen LogP contribution in [0.15, 0.2) is 47.5 Å². The number of carbonyl (C=O) groups is 3. The maximum atomic E-state index is 13.4. The minimum absolute atomic E-state index is 0.00771. The van der Waals surface area contributed by atoms with E-state index in [9.17, 15) is 27.9 Å². The number of rotatable bonds is 10. The Morgan fingerprint density at radius 1 is 1.19 bits per heavy atom. The number of aryl methyl sites for hydroxylation is 1. The number of thiazole rings is 1. The van der Waals surface area contributed by atoms with Gasteiger partial charge in [0.25, 0.3) is 10.0 Å². The smallest absolute Gasteiger partial charge is 0.457 e.